The molecule has 0 saturated heterocycles. The SMILES string of the molecule is CC(C)C(=O)CCc1cccc(NC(=O)CCl)c1. The van der Waals surface area contributed by atoms with Crippen molar-refractivity contribution in [3.05, 3.63) is 29.8 Å². The molecule has 0 aliphatic carbocycles. The minimum atomic E-state index is -0.230. The molecule has 0 atom stereocenters. The molecule has 0 unspecified atom stereocenters. The lowest BCUT2D eigenvalue weighted by atomic mass is 10.0. The third-order valence-electron chi connectivity index (χ3n) is 2.64. The van der Waals surface area contributed by atoms with Crippen LogP contribution in [-0.2, 0) is 16.0 Å². The van der Waals surface area contributed by atoms with E-state index in [0.717, 1.165) is 11.3 Å². The number of Topliss-reactive ketones (excluding diaryl/α,β-unsaturated/α-hetero) is 1. The Kier molecular flexibility index (Phi) is 5.86. The molecule has 0 aliphatic rings. The number of rotatable bonds is 6. The zero-order valence-corrected chi connectivity index (χ0v) is 11.5. The van der Waals surface area contributed by atoms with Crippen LogP contribution < -0.4 is 5.32 Å². The Morgan fingerprint density at radius 1 is 1.33 bits per heavy atom. The highest BCUT2D eigenvalue weighted by Gasteiger charge is 2.07. The Labute approximate surface area is 113 Å². The summed E-state index contributed by atoms with van der Waals surface area (Å²) in [6.45, 7) is 3.80. The van der Waals surface area contributed by atoms with Gasteiger partial charge in [-0.2, -0.15) is 0 Å². The molecule has 1 aromatic carbocycles. The van der Waals surface area contributed by atoms with Gasteiger partial charge in [0.2, 0.25) is 5.91 Å². The Balaban J connectivity index is 2.59. The first-order valence-electron chi connectivity index (χ1n) is 6.00. The van der Waals surface area contributed by atoms with E-state index in [1.807, 2.05) is 32.0 Å². The molecule has 1 rings (SSSR count). The van der Waals surface area contributed by atoms with Crippen LogP contribution in [0.3, 0.4) is 0 Å². The Morgan fingerprint density at radius 2 is 2.06 bits per heavy atom. The van der Waals surface area contributed by atoms with Crippen molar-refractivity contribution in [3.63, 3.8) is 0 Å². The minimum absolute atomic E-state index is 0.0595. The highest BCUT2D eigenvalue weighted by molar-refractivity contribution is 6.29. The zero-order valence-electron chi connectivity index (χ0n) is 10.7. The van der Waals surface area contributed by atoms with Crippen LogP contribution in [0.1, 0.15) is 25.8 Å². The lowest BCUT2D eigenvalue weighted by Crippen LogP contribution is -2.12. The maximum atomic E-state index is 11.5. The van der Waals surface area contributed by atoms with E-state index < -0.39 is 0 Å². The summed E-state index contributed by atoms with van der Waals surface area (Å²) in [7, 11) is 0. The van der Waals surface area contributed by atoms with Crippen molar-refractivity contribution >= 4 is 29.0 Å². The summed E-state index contributed by atoms with van der Waals surface area (Å²) in [5.41, 5.74) is 1.76. The van der Waals surface area contributed by atoms with Gasteiger partial charge in [-0.3, -0.25) is 9.59 Å². The summed E-state index contributed by atoms with van der Waals surface area (Å²) >= 11 is 5.42. The molecule has 0 fully saturated rings. The van der Waals surface area contributed by atoms with Gasteiger partial charge >= 0.3 is 0 Å². The molecular formula is C14H18ClNO2. The molecule has 3 nitrogen and oxygen atoms in total. The van der Waals surface area contributed by atoms with Crippen LogP contribution in [0.2, 0.25) is 0 Å². The van der Waals surface area contributed by atoms with Crippen molar-refractivity contribution < 1.29 is 9.59 Å². The molecular weight excluding hydrogens is 250 g/mol. The van der Waals surface area contributed by atoms with Crippen LogP contribution >= 0.6 is 11.6 Å². The fourth-order valence-electron chi connectivity index (χ4n) is 1.56. The molecule has 98 valence electrons. The number of hydrogen-bond donors (Lipinski definition) is 1. The predicted octanol–water partition coefficient (Wildman–Crippen LogP) is 3.02. The highest BCUT2D eigenvalue weighted by atomic mass is 35.5. The molecule has 0 radical (unpaired) electrons. The van der Waals surface area contributed by atoms with Crippen LogP contribution in [0.5, 0.6) is 0 Å². The first-order chi connectivity index (χ1) is 8.52. The van der Waals surface area contributed by atoms with E-state index in [1.165, 1.54) is 0 Å². The minimum Gasteiger partial charge on any atom is -0.325 e. The van der Waals surface area contributed by atoms with Crippen molar-refractivity contribution in [2.24, 2.45) is 5.92 Å². The van der Waals surface area contributed by atoms with Crippen LogP contribution in [0, 0.1) is 5.92 Å². The number of ketones is 1. The molecule has 0 bridgehead atoms. The summed E-state index contributed by atoms with van der Waals surface area (Å²) in [5, 5.41) is 2.69. The lowest BCUT2D eigenvalue weighted by Gasteiger charge is -2.07. The summed E-state index contributed by atoms with van der Waals surface area (Å²) < 4.78 is 0. The van der Waals surface area contributed by atoms with Gasteiger partial charge in [0.15, 0.2) is 0 Å². The fraction of sp³-hybridized carbons (Fsp3) is 0.429. The summed E-state index contributed by atoms with van der Waals surface area (Å²) in [6, 6.07) is 7.49. The summed E-state index contributed by atoms with van der Waals surface area (Å²) in [6.07, 6.45) is 1.23. The van der Waals surface area contributed by atoms with E-state index >= 15 is 0 Å². The molecule has 0 aliphatic heterocycles. The summed E-state index contributed by atoms with van der Waals surface area (Å²) in [4.78, 5) is 22.7. The van der Waals surface area contributed by atoms with Crippen molar-refractivity contribution in [1.29, 1.82) is 0 Å². The van der Waals surface area contributed by atoms with E-state index in [2.05, 4.69) is 5.32 Å². The number of halogens is 1. The van der Waals surface area contributed by atoms with Gasteiger partial charge in [-0.05, 0) is 24.1 Å². The molecule has 1 N–H and O–H groups in total. The molecule has 0 saturated carbocycles. The second-order valence-corrected chi connectivity index (χ2v) is 4.77. The maximum absolute atomic E-state index is 11.5. The number of anilines is 1. The molecule has 0 spiro atoms. The van der Waals surface area contributed by atoms with Gasteiger partial charge in [0, 0.05) is 18.0 Å². The third kappa shape index (κ3) is 4.88. The second kappa shape index (κ2) is 7.17. The molecule has 4 heteroatoms. The van der Waals surface area contributed by atoms with Crippen LogP contribution in [0.15, 0.2) is 24.3 Å². The average Bonchev–Trinajstić information content (AvgIpc) is 2.36. The van der Waals surface area contributed by atoms with Crippen molar-refractivity contribution in [2.75, 3.05) is 11.2 Å². The van der Waals surface area contributed by atoms with Gasteiger partial charge in [-0.25, -0.2) is 0 Å². The predicted molar refractivity (Wildman–Crippen MR) is 74.0 cm³/mol. The summed E-state index contributed by atoms with van der Waals surface area (Å²) in [5.74, 6) is 0.0391. The van der Waals surface area contributed by atoms with Crippen LogP contribution in [0.4, 0.5) is 5.69 Å². The first-order valence-corrected chi connectivity index (χ1v) is 6.54. The number of hydrogen-bond acceptors (Lipinski definition) is 2. The quantitative estimate of drug-likeness (QED) is 0.806. The number of carbonyl (C=O) groups excluding carboxylic acids is 2. The smallest absolute Gasteiger partial charge is 0.239 e. The molecule has 1 amide bonds. The number of carbonyl (C=O) groups is 2. The maximum Gasteiger partial charge on any atom is 0.239 e. The van der Waals surface area contributed by atoms with Gasteiger partial charge in [0.25, 0.3) is 0 Å². The first kappa shape index (κ1) is 14.7. The molecule has 18 heavy (non-hydrogen) atoms. The van der Waals surface area contributed by atoms with Gasteiger partial charge in [0.05, 0.1) is 0 Å². The Morgan fingerprint density at radius 3 is 2.67 bits per heavy atom. The standard InChI is InChI=1S/C14H18ClNO2/c1-10(2)13(17)7-6-11-4-3-5-12(8-11)16-14(18)9-15/h3-5,8,10H,6-7,9H2,1-2H3,(H,16,18). The second-order valence-electron chi connectivity index (χ2n) is 4.50. The third-order valence-corrected chi connectivity index (χ3v) is 2.88. The topological polar surface area (TPSA) is 46.2 Å². The van der Waals surface area contributed by atoms with Crippen LogP contribution in [-0.4, -0.2) is 17.6 Å². The molecule has 0 aromatic heterocycles. The number of amides is 1. The van der Waals surface area contributed by atoms with E-state index in [0.29, 0.717) is 12.8 Å². The van der Waals surface area contributed by atoms with E-state index in [-0.39, 0.29) is 23.5 Å². The fourth-order valence-corrected chi connectivity index (χ4v) is 1.62. The molecule has 0 heterocycles. The van der Waals surface area contributed by atoms with Crippen molar-refractivity contribution in [2.45, 2.75) is 26.7 Å². The number of aryl methyl sites for hydroxylation is 1. The van der Waals surface area contributed by atoms with Crippen molar-refractivity contribution in [3.8, 4) is 0 Å². The normalized spacial score (nSPS) is 10.4. The van der Waals surface area contributed by atoms with Gasteiger partial charge in [-0.1, -0.05) is 26.0 Å². The average molecular weight is 268 g/mol. The van der Waals surface area contributed by atoms with Gasteiger partial charge in [0.1, 0.15) is 11.7 Å². The number of benzene rings is 1. The van der Waals surface area contributed by atoms with Crippen LogP contribution in [0.25, 0.3) is 0 Å². The lowest BCUT2D eigenvalue weighted by molar-refractivity contribution is -0.121. The number of alkyl halides is 1. The zero-order chi connectivity index (χ0) is 13.5. The Hall–Kier alpha value is -1.35. The number of nitrogens with one attached hydrogen (secondary N) is 1. The van der Waals surface area contributed by atoms with Crippen molar-refractivity contribution in [1.82, 2.24) is 0 Å². The van der Waals surface area contributed by atoms with E-state index in [9.17, 15) is 9.59 Å². The van der Waals surface area contributed by atoms with Gasteiger partial charge < -0.3 is 5.32 Å². The highest BCUT2D eigenvalue weighted by Crippen LogP contribution is 2.13. The largest absolute Gasteiger partial charge is 0.325 e. The van der Waals surface area contributed by atoms with E-state index in [1.54, 1.807) is 6.07 Å². The van der Waals surface area contributed by atoms with E-state index in [4.69, 9.17) is 11.6 Å². The Bertz CT molecular complexity index is 430. The molecule has 1 aromatic rings. The monoisotopic (exact) mass is 267 g/mol. The van der Waals surface area contributed by atoms with Gasteiger partial charge in [-0.15, -0.1) is 11.6 Å².